The molecule has 0 heterocycles. The molecule has 0 aliphatic heterocycles. The molecule has 1 unspecified atom stereocenters. The summed E-state index contributed by atoms with van der Waals surface area (Å²) in [6, 6.07) is 7.21. The van der Waals surface area contributed by atoms with Crippen molar-refractivity contribution in [2.24, 2.45) is 0 Å². The van der Waals surface area contributed by atoms with Crippen molar-refractivity contribution in [2.75, 3.05) is 33.8 Å². The Hall–Kier alpha value is -1.27. The van der Waals surface area contributed by atoms with Gasteiger partial charge in [0.1, 0.15) is 5.75 Å². The van der Waals surface area contributed by atoms with Crippen LogP contribution in [0.5, 0.6) is 5.75 Å². The van der Waals surface area contributed by atoms with Gasteiger partial charge in [0.05, 0.1) is 13.7 Å². The highest BCUT2D eigenvalue weighted by Gasteiger charge is 2.30. The van der Waals surface area contributed by atoms with Gasteiger partial charge in [-0.05, 0) is 26.1 Å². The van der Waals surface area contributed by atoms with Crippen LogP contribution in [-0.2, 0) is 0 Å². The number of alkyl halides is 3. The van der Waals surface area contributed by atoms with Gasteiger partial charge in [-0.15, -0.1) is 0 Å². The number of halogens is 3. The van der Waals surface area contributed by atoms with E-state index in [0.29, 0.717) is 5.75 Å². The Kier molecular flexibility index (Phi) is 6.98. The number of ether oxygens (including phenoxy) is 1. The third-order valence-corrected chi connectivity index (χ3v) is 3.10. The quantitative estimate of drug-likeness (QED) is 0.798. The lowest BCUT2D eigenvalue weighted by atomic mass is 10.0. The van der Waals surface area contributed by atoms with Crippen LogP contribution in [0.4, 0.5) is 13.2 Å². The summed E-state index contributed by atoms with van der Waals surface area (Å²) in [6.07, 6.45) is -3.28. The zero-order valence-corrected chi connectivity index (χ0v) is 12.7. The van der Waals surface area contributed by atoms with Gasteiger partial charge >= 0.3 is 6.18 Å². The molecule has 0 aliphatic rings. The van der Waals surface area contributed by atoms with Crippen molar-refractivity contribution < 1.29 is 17.9 Å². The van der Waals surface area contributed by atoms with Crippen LogP contribution >= 0.6 is 0 Å². The molecule has 1 aromatic rings. The second-order valence-corrected chi connectivity index (χ2v) is 5.06. The number of nitrogens with zero attached hydrogens (tertiary/aromatic N) is 1. The molecule has 1 rings (SSSR count). The number of methoxy groups -OCH3 is 1. The van der Waals surface area contributed by atoms with Crippen molar-refractivity contribution in [1.82, 2.24) is 10.2 Å². The summed E-state index contributed by atoms with van der Waals surface area (Å²) in [7, 11) is 3.04. The molecule has 1 atom stereocenters. The molecule has 0 aliphatic carbocycles. The Morgan fingerprint density at radius 1 is 1.29 bits per heavy atom. The molecule has 0 fully saturated rings. The summed E-state index contributed by atoms with van der Waals surface area (Å²) in [5.41, 5.74) is 0.877. The summed E-state index contributed by atoms with van der Waals surface area (Å²) in [5.74, 6) is 0.687. The number of nitrogens with one attached hydrogen (secondary N) is 1. The van der Waals surface area contributed by atoms with Gasteiger partial charge in [-0.25, -0.2) is 0 Å². The molecule has 0 spiro atoms. The van der Waals surface area contributed by atoms with Crippen LogP contribution in [-0.4, -0.2) is 44.9 Å². The van der Waals surface area contributed by atoms with Crippen LogP contribution in [0.2, 0.25) is 0 Å². The number of hydrogen-bond donors (Lipinski definition) is 1. The maximum Gasteiger partial charge on any atom is 0.401 e. The van der Waals surface area contributed by atoms with Crippen molar-refractivity contribution in [3.05, 3.63) is 29.8 Å². The molecule has 0 aromatic heterocycles. The minimum Gasteiger partial charge on any atom is -0.496 e. The molecule has 120 valence electrons. The Morgan fingerprint density at radius 3 is 2.52 bits per heavy atom. The first-order chi connectivity index (χ1) is 9.87. The van der Waals surface area contributed by atoms with Gasteiger partial charge < -0.3 is 10.1 Å². The molecule has 0 bridgehead atoms. The summed E-state index contributed by atoms with van der Waals surface area (Å²) in [4.78, 5) is 1.28. The molecule has 1 N–H and O–H groups in total. The minimum absolute atomic E-state index is 0.201. The Bertz CT molecular complexity index is 424. The zero-order chi connectivity index (χ0) is 15.9. The molecule has 0 amide bonds. The largest absolute Gasteiger partial charge is 0.496 e. The van der Waals surface area contributed by atoms with Crippen molar-refractivity contribution in [2.45, 2.75) is 25.6 Å². The van der Waals surface area contributed by atoms with E-state index in [1.165, 1.54) is 11.9 Å². The molecular weight excluding hydrogens is 281 g/mol. The average Bonchev–Trinajstić information content (AvgIpc) is 2.41. The highest BCUT2D eigenvalue weighted by Crippen LogP contribution is 2.26. The van der Waals surface area contributed by atoms with Crippen molar-refractivity contribution in [3.63, 3.8) is 0 Å². The Morgan fingerprint density at radius 2 is 1.95 bits per heavy atom. The van der Waals surface area contributed by atoms with Gasteiger partial charge in [-0.3, -0.25) is 4.90 Å². The van der Waals surface area contributed by atoms with Crippen LogP contribution in [0.15, 0.2) is 24.3 Å². The molecule has 6 heteroatoms. The average molecular weight is 304 g/mol. The molecule has 21 heavy (non-hydrogen) atoms. The fourth-order valence-electron chi connectivity index (χ4n) is 2.23. The lowest BCUT2D eigenvalue weighted by molar-refractivity contribution is -0.143. The zero-order valence-electron chi connectivity index (χ0n) is 12.7. The summed E-state index contributed by atoms with van der Waals surface area (Å²) in [5, 5.41) is 3.29. The predicted molar refractivity (Wildman–Crippen MR) is 77.6 cm³/mol. The first-order valence-corrected chi connectivity index (χ1v) is 6.99. The van der Waals surface area contributed by atoms with E-state index in [4.69, 9.17) is 4.74 Å². The second-order valence-electron chi connectivity index (χ2n) is 5.06. The number of likely N-dealkylation sites (N-methyl/N-ethyl adjacent to an activating group) is 1. The van der Waals surface area contributed by atoms with Crippen LogP contribution in [0, 0.1) is 0 Å². The molecular formula is C15H23F3N2O. The van der Waals surface area contributed by atoms with E-state index in [2.05, 4.69) is 5.32 Å². The van der Waals surface area contributed by atoms with E-state index in [1.807, 2.05) is 31.2 Å². The normalized spacial score (nSPS) is 13.5. The van der Waals surface area contributed by atoms with Crippen molar-refractivity contribution in [1.29, 1.82) is 0 Å². The summed E-state index contributed by atoms with van der Waals surface area (Å²) < 4.78 is 42.7. The third kappa shape index (κ3) is 6.35. The van der Waals surface area contributed by atoms with E-state index < -0.39 is 12.7 Å². The van der Waals surface area contributed by atoms with Gasteiger partial charge in [0.2, 0.25) is 0 Å². The second kappa shape index (κ2) is 8.24. The van der Waals surface area contributed by atoms with Crippen molar-refractivity contribution in [3.8, 4) is 5.75 Å². The molecule has 0 saturated carbocycles. The number of hydrogen-bond acceptors (Lipinski definition) is 3. The van der Waals surface area contributed by atoms with Crippen molar-refractivity contribution >= 4 is 0 Å². The topological polar surface area (TPSA) is 24.5 Å². The van der Waals surface area contributed by atoms with Gasteiger partial charge in [0, 0.05) is 18.2 Å². The highest BCUT2D eigenvalue weighted by molar-refractivity contribution is 5.36. The fourth-order valence-corrected chi connectivity index (χ4v) is 2.23. The lowest BCUT2D eigenvalue weighted by Crippen LogP contribution is -2.38. The predicted octanol–water partition coefficient (Wildman–Crippen LogP) is 3.23. The van der Waals surface area contributed by atoms with E-state index in [0.717, 1.165) is 18.5 Å². The standard InChI is InChI=1S/C15H23F3N2O/c1-4-9-19-13(10-20(2)11-15(16,17)18)12-7-5-6-8-14(12)21-3/h5-8,13,19H,4,9-11H2,1-3H3. The number of benzene rings is 1. The van der Waals surface area contributed by atoms with Gasteiger partial charge in [0.15, 0.2) is 0 Å². The Labute approximate surface area is 124 Å². The fraction of sp³-hybridized carbons (Fsp3) is 0.600. The van der Waals surface area contributed by atoms with E-state index in [-0.39, 0.29) is 12.6 Å². The molecule has 0 saturated heterocycles. The molecule has 0 radical (unpaired) electrons. The van der Waals surface area contributed by atoms with Gasteiger partial charge in [-0.1, -0.05) is 25.1 Å². The number of para-hydroxylation sites is 1. The first kappa shape index (κ1) is 17.8. The minimum atomic E-state index is -4.19. The van der Waals surface area contributed by atoms with Crippen LogP contribution in [0.25, 0.3) is 0 Å². The van der Waals surface area contributed by atoms with Gasteiger partial charge in [-0.2, -0.15) is 13.2 Å². The third-order valence-electron chi connectivity index (χ3n) is 3.10. The van der Waals surface area contributed by atoms with E-state index in [9.17, 15) is 13.2 Å². The van der Waals surface area contributed by atoms with Crippen LogP contribution in [0.1, 0.15) is 24.9 Å². The van der Waals surface area contributed by atoms with E-state index in [1.54, 1.807) is 7.11 Å². The lowest BCUT2D eigenvalue weighted by Gasteiger charge is -2.27. The van der Waals surface area contributed by atoms with Gasteiger partial charge in [0.25, 0.3) is 0 Å². The SMILES string of the molecule is CCCNC(CN(C)CC(F)(F)F)c1ccccc1OC. The maximum absolute atomic E-state index is 12.5. The van der Waals surface area contributed by atoms with E-state index >= 15 is 0 Å². The molecule has 1 aromatic carbocycles. The molecule has 3 nitrogen and oxygen atoms in total. The number of rotatable bonds is 8. The first-order valence-electron chi connectivity index (χ1n) is 6.99. The van der Waals surface area contributed by atoms with Crippen LogP contribution in [0.3, 0.4) is 0 Å². The highest BCUT2D eigenvalue weighted by atomic mass is 19.4. The monoisotopic (exact) mass is 304 g/mol. The maximum atomic E-state index is 12.5. The Balaban J connectivity index is 2.84. The smallest absolute Gasteiger partial charge is 0.401 e. The van der Waals surface area contributed by atoms with Crippen LogP contribution < -0.4 is 10.1 Å². The summed E-state index contributed by atoms with van der Waals surface area (Å²) >= 11 is 0. The summed E-state index contributed by atoms with van der Waals surface area (Å²) in [6.45, 7) is 2.10.